The smallest absolute Gasteiger partial charge is 0.226 e. The summed E-state index contributed by atoms with van der Waals surface area (Å²) >= 11 is 0. The summed E-state index contributed by atoms with van der Waals surface area (Å²) in [5.41, 5.74) is 1.85. The van der Waals surface area contributed by atoms with Crippen molar-refractivity contribution in [2.45, 2.75) is 26.8 Å². The lowest BCUT2D eigenvalue weighted by Gasteiger charge is -2.04. The van der Waals surface area contributed by atoms with Crippen molar-refractivity contribution in [2.75, 3.05) is 13.2 Å². The second-order valence-corrected chi connectivity index (χ2v) is 4.30. The SMILES string of the molecule is CCCOc1cccc(-c2nc(CNCC)co2)c1. The lowest BCUT2D eigenvalue weighted by atomic mass is 10.2. The van der Waals surface area contributed by atoms with Gasteiger partial charge >= 0.3 is 0 Å². The minimum absolute atomic E-state index is 0.634. The van der Waals surface area contributed by atoms with E-state index in [2.05, 4.69) is 24.1 Å². The minimum Gasteiger partial charge on any atom is -0.494 e. The van der Waals surface area contributed by atoms with E-state index in [9.17, 15) is 0 Å². The Morgan fingerprint density at radius 1 is 1.32 bits per heavy atom. The zero-order chi connectivity index (χ0) is 13.5. The maximum absolute atomic E-state index is 5.61. The van der Waals surface area contributed by atoms with Crippen molar-refractivity contribution in [3.05, 3.63) is 36.2 Å². The van der Waals surface area contributed by atoms with Gasteiger partial charge in [-0.3, -0.25) is 0 Å². The average Bonchev–Trinajstić information content (AvgIpc) is 2.92. The Morgan fingerprint density at radius 3 is 3.00 bits per heavy atom. The van der Waals surface area contributed by atoms with E-state index in [4.69, 9.17) is 9.15 Å². The molecule has 2 aromatic rings. The first-order valence-electron chi connectivity index (χ1n) is 6.71. The number of nitrogens with zero attached hydrogens (tertiary/aromatic N) is 1. The van der Waals surface area contributed by atoms with E-state index in [1.807, 2.05) is 24.3 Å². The maximum Gasteiger partial charge on any atom is 0.226 e. The number of oxazole rings is 1. The zero-order valence-electron chi connectivity index (χ0n) is 11.5. The molecule has 0 unspecified atom stereocenters. The summed E-state index contributed by atoms with van der Waals surface area (Å²) in [6, 6.07) is 7.83. The predicted octanol–water partition coefficient (Wildman–Crippen LogP) is 3.24. The molecule has 102 valence electrons. The fourth-order valence-electron chi connectivity index (χ4n) is 1.71. The number of ether oxygens (including phenoxy) is 1. The number of nitrogens with one attached hydrogen (secondary N) is 1. The molecule has 1 N–H and O–H groups in total. The van der Waals surface area contributed by atoms with E-state index >= 15 is 0 Å². The molecule has 0 atom stereocenters. The van der Waals surface area contributed by atoms with Crippen molar-refractivity contribution in [3.63, 3.8) is 0 Å². The van der Waals surface area contributed by atoms with E-state index < -0.39 is 0 Å². The molecular formula is C15H20N2O2. The Kier molecular flexibility index (Phi) is 4.98. The van der Waals surface area contributed by atoms with Gasteiger partial charge in [0.15, 0.2) is 0 Å². The standard InChI is InChI=1S/C15H20N2O2/c1-3-8-18-14-7-5-6-12(9-14)15-17-13(11-19-15)10-16-4-2/h5-7,9,11,16H,3-4,8,10H2,1-2H3. The van der Waals surface area contributed by atoms with Gasteiger partial charge in [-0.05, 0) is 31.2 Å². The third-order valence-electron chi connectivity index (χ3n) is 2.66. The van der Waals surface area contributed by atoms with Gasteiger partial charge in [-0.1, -0.05) is 19.9 Å². The van der Waals surface area contributed by atoms with E-state index in [0.717, 1.165) is 43.1 Å². The van der Waals surface area contributed by atoms with E-state index in [0.29, 0.717) is 5.89 Å². The molecule has 0 bridgehead atoms. The summed E-state index contributed by atoms with van der Waals surface area (Å²) in [4.78, 5) is 4.45. The molecule has 4 nitrogen and oxygen atoms in total. The summed E-state index contributed by atoms with van der Waals surface area (Å²) < 4.78 is 11.1. The zero-order valence-corrected chi connectivity index (χ0v) is 11.5. The van der Waals surface area contributed by atoms with Crippen LogP contribution in [-0.2, 0) is 6.54 Å². The number of hydrogen-bond donors (Lipinski definition) is 1. The third-order valence-corrected chi connectivity index (χ3v) is 2.66. The highest BCUT2D eigenvalue weighted by Crippen LogP contribution is 2.23. The van der Waals surface area contributed by atoms with Crippen LogP contribution in [0.3, 0.4) is 0 Å². The van der Waals surface area contributed by atoms with Crippen LogP contribution in [0.4, 0.5) is 0 Å². The number of hydrogen-bond acceptors (Lipinski definition) is 4. The first kappa shape index (κ1) is 13.6. The Balaban J connectivity index is 2.10. The van der Waals surface area contributed by atoms with Gasteiger partial charge in [0.25, 0.3) is 0 Å². The summed E-state index contributed by atoms with van der Waals surface area (Å²) in [6.07, 6.45) is 2.69. The molecule has 1 aromatic carbocycles. The molecule has 19 heavy (non-hydrogen) atoms. The first-order chi connectivity index (χ1) is 9.33. The molecule has 4 heteroatoms. The summed E-state index contributed by atoms with van der Waals surface area (Å²) in [6.45, 7) is 6.52. The van der Waals surface area contributed by atoms with E-state index in [-0.39, 0.29) is 0 Å². The van der Waals surface area contributed by atoms with Crippen LogP contribution >= 0.6 is 0 Å². The molecule has 0 aliphatic carbocycles. The van der Waals surface area contributed by atoms with E-state index in [1.54, 1.807) is 6.26 Å². The monoisotopic (exact) mass is 260 g/mol. The highest BCUT2D eigenvalue weighted by Gasteiger charge is 2.07. The molecule has 0 aliphatic heterocycles. The quantitative estimate of drug-likeness (QED) is 0.830. The lowest BCUT2D eigenvalue weighted by Crippen LogP contribution is -2.11. The number of benzene rings is 1. The first-order valence-corrected chi connectivity index (χ1v) is 6.71. The average molecular weight is 260 g/mol. The third kappa shape index (κ3) is 3.83. The highest BCUT2D eigenvalue weighted by molar-refractivity contribution is 5.55. The van der Waals surface area contributed by atoms with E-state index in [1.165, 1.54) is 0 Å². The molecule has 0 fully saturated rings. The molecule has 0 saturated carbocycles. The van der Waals surface area contributed by atoms with Crippen molar-refractivity contribution in [1.82, 2.24) is 10.3 Å². The molecule has 0 saturated heterocycles. The highest BCUT2D eigenvalue weighted by atomic mass is 16.5. The normalized spacial score (nSPS) is 10.6. The number of rotatable bonds is 7. The van der Waals surface area contributed by atoms with Crippen LogP contribution in [0.25, 0.3) is 11.5 Å². The Bertz CT molecular complexity index is 508. The lowest BCUT2D eigenvalue weighted by molar-refractivity contribution is 0.317. The van der Waals surface area contributed by atoms with Crippen molar-refractivity contribution in [1.29, 1.82) is 0 Å². The van der Waals surface area contributed by atoms with Gasteiger partial charge in [0.2, 0.25) is 5.89 Å². The van der Waals surface area contributed by atoms with Crippen LogP contribution in [0.2, 0.25) is 0 Å². The number of aromatic nitrogens is 1. The van der Waals surface area contributed by atoms with Crippen molar-refractivity contribution < 1.29 is 9.15 Å². The Morgan fingerprint density at radius 2 is 2.21 bits per heavy atom. The Hall–Kier alpha value is -1.81. The van der Waals surface area contributed by atoms with Gasteiger partial charge in [-0.2, -0.15) is 0 Å². The predicted molar refractivity (Wildman–Crippen MR) is 75.1 cm³/mol. The molecule has 0 radical (unpaired) electrons. The minimum atomic E-state index is 0.634. The van der Waals surface area contributed by atoms with Crippen LogP contribution in [0, 0.1) is 0 Å². The largest absolute Gasteiger partial charge is 0.494 e. The maximum atomic E-state index is 5.61. The molecule has 1 aromatic heterocycles. The van der Waals surface area contributed by atoms with Gasteiger partial charge in [0, 0.05) is 12.1 Å². The van der Waals surface area contributed by atoms with Gasteiger partial charge in [-0.25, -0.2) is 4.98 Å². The topological polar surface area (TPSA) is 47.3 Å². The molecule has 0 aliphatic rings. The van der Waals surface area contributed by atoms with Crippen LogP contribution in [0.15, 0.2) is 34.9 Å². The molecule has 0 amide bonds. The van der Waals surface area contributed by atoms with Crippen LogP contribution < -0.4 is 10.1 Å². The summed E-state index contributed by atoms with van der Waals surface area (Å²) in [7, 11) is 0. The van der Waals surface area contributed by atoms with Gasteiger partial charge in [-0.15, -0.1) is 0 Å². The second kappa shape index (κ2) is 6.95. The fourth-order valence-corrected chi connectivity index (χ4v) is 1.71. The van der Waals surface area contributed by atoms with Gasteiger partial charge in [0.1, 0.15) is 12.0 Å². The second-order valence-electron chi connectivity index (χ2n) is 4.30. The van der Waals surface area contributed by atoms with Crippen molar-refractivity contribution in [3.8, 4) is 17.2 Å². The molecule has 0 spiro atoms. The van der Waals surface area contributed by atoms with Crippen LogP contribution in [-0.4, -0.2) is 18.1 Å². The van der Waals surface area contributed by atoms with Crippen molar-refractivity contribution >= 4 is 0 Å². The molecule has 1 heterocycles. The van der Waals surface area contributed by atoms with Crippen molar-refractivity contribution in [2.24, 2.45) is 0 Å². The Labute approximate surface area is 113 Å². The van der Waals surface area contributed by atoms with Crippen LogP contribution in [0.1, 0.15) is 26.0 Å². The molecular weight excluding hydrogens is 240 g/mol. The van der Waals surface area contributed by atoms with Gasteiger partial charge < -0.3 is 14.5 Å². The summed E-state index contributed by atoms with van der Waals surface area (Å²) in [5, 5.41) is 3.22. The van der Waals surface area contributed by atoms with Crippen LogP contribution in [0.5, 0.6) is 5.75 Å². The molecule has 2 rings (SSSR count). The summed E-state index contributed by atoms with van der Waals surface area (Å²) in [5.74, 6) is 1.49. The fraction of sp³-hybridized carbons (Fsp3) is 0.400. The van der Waals surface area contributed by atoms with Gasteiger partial charge in [0.05, 0.1) is 12.3 Å².